The quantitative estimate of drug-likeness (QED) is 0.845. The van der Waals surface area contributed by atoms with Gasteiger partial charge in [0, 0.05) is 12.1 Å². The van der Waals surface area contributed by atoms with Gasteiger partial charge in [-0.1, -0.05) is 43.1 Å². The molecular weight excluding hydrogens is 281 g/mol. The highest BCUT2D eigenvalue weighted by Gasteiger charge is 2.20. The summed E-state index contributed by atoms with van der Waals surface area (Å²) in [5.41, 5.74) is 0.0641. The van der Waals surface area contributed by atoms with E-state index in [0.29, 0.717) is 21.7 Å². The summed E-state index contributed by atoms with van der Waals surface area (Å²) in [6, 6.07) is 5.45. The van der Waals surface area contributed by atoms with Gasteiger partial charge in [0.05, 0.1) is 5.02 Å². The molecule has 1 unspecified atom stereocenters. The van der Waals surface area contributed by atoms with Crippen molar-refractivity contribution < 1.29 is 4.74 Å². The number of rotatable bonds is 5. The molecule has 0 aromatic heterocycles. The second-order valence-electron chi connectivity index (χ2n) is 6.08. The maximum Gasteiger partial charge on any atom is 0.139 e. The van der Waals surface area contributed by atoms with Crippen molar-refractivity contribution in [3.05, 3.63) is 28.2 Å². The van der Waals surface area contributed by atoms with Crippen LogP contribution in [0.3, 0.4) is 0 Å². The zero-order valence-corrected chi connectivity index (χ0v) is 13.8. The Labute approximate surface area is 126 Å². The van der Waals surface area contributed by atoms with Crippen molar-refractivity contribution in [3.63, 3.8) is 0 Å². The van der Waals surface area contributed by atoms with E-state index in [-0.39, 0.29) is 11.6 Å². The van der Waals surface area contributed by atoms with Gasteiger partial charge in [0.15, 0.2) is 0 Å². The van der Waals surface area contributed by atoms with Crippen LogP contribution >= 0.6 is 23.2 Å². The first kappa shape index (κ1) is 16.6. The largest absolute Gasteiger partial charge is 0.487 e. The van der Waals surface area contributed by atoms with Crippen LogP contribution in [0.15, 0.2) is 18.2 Å². The Morgan fingerprint density at radius 1 is 1.21 bits per heavy atom. The molecule has 4 heteroatoms. The molecule has 1 atom stereocenters. The van der Waals surface area contributed by atoms with Crippen LogP contribution in [0.2, 0.25) is 10.0 Å². The number of hydrogen-bond acceptors (Lipinski definition) is 2. The molecule has 0 heterocycles. The van der Waals surface area contributed by atoms with Gasteiger partial charge in [-0.2, -0.15) is 0 Å². The Bertz CT molecular complexity index is 413. The Hall–Kier alpha value is -0.440. The predicted octanol–water partition coefficient (Wildman–Crippen LogP) is 4.78. The predicted molar refractivity (Wildman–Crippen MR) is 83.5 cm³/mol. The Morgan fingerprint density at radius 2 is 1.84 bits per heavy atom. The van der Waals surface area contributed by atoms with Crippen molar-refractivity contribution >= 4 is 23.2 Å². The SMILES string of the molecule is CC(C)C(CNC(C)(C)C)Oc1cccc(Cl)c1Cl. The topological polar surface area (TPSA) is 21.3 Å². The first-order chi connectivity index (χ1) is 8.70. The lowest BCUT2D eigenvalue weighted by Gasteiger charge is -2.28. The summed E-state index contributed by atoms with van der Waals surface area (Å²) in [4.78, 5) is 0. The van der Waals surface area contributed by atoms with Crippen molar-refractivity contribution in [2.24, 2.45) is 5.92 Å². The van der Waals surface area contributed by atoms with Gasteiger partial charge in [-0.25, -0.2) is 0 Å². The number of nitrogens with one attached hydrogen (secondary N) is 1. The summed E-state index contributed by atoms with van der Waals surface area (Å²) in [7, 11) is 0. The molecule has 1 N–H and O–H groups in total. The Morgan fingerprint density at radius 3 is 2.37 bits per heavy atom. The van der Waals surface area contributed by atoms with Crippen molar-refractivity contribution in [2.75, 3.05) is 6.54 Å². The first-order valence-corrected chi connectivity index (χ1v) is 7.32. The maximum atomic E-state index is 6.15. The summed E-state index contributed by atoms with van der Waals surface area (Å²) in [5, 5.41) is 4.45. The fraction of sp³-hybridized carbons (Fsp3) is 0.600. The van der Waals surface area contributed by atoms with Crippen LogP contribution in [0.4, 0.5) is 0 Å². The molecule has 0 aliphatic rings. The smallest absolute Gasteiger partial charge is 0.139 e. The minimum Gasteiger partial charge on any atom is -0.487 e. The number of benzene rings is 1. The third-order valence-corrected chi connectivity index (χ3v) is 3.57. The molecule has 0 amide bonds. The third-order valence-electron chi connectivity index (χ3n) is 2.77. The summed E-state index contributed by atoms with van der Waals surface area (Å²) in [5.74, 6) is 1.02. The third kappa shape index (κ3) is 5.60. The van der Waals surface area contributed by atoms with Crippen LogP contribution in [0.25, 0.3) is 0 Å². The molecule has 19 heavy (non-hydrogen) atoms. The fourth-order valence-corrected chi connectivity index (χ4v) is 1.89. The lowest BCUT2D eigenvalue weighted by atomic mass is 10.0. The Balaban J connectivity index is 2.76. The molecule has 1 aromatic carbocycles. The average molecular weight is 304 g/mol. The van der Waals surface area contributed by atoms with E-state index in [1.165, 1.54) is 0 Å². The number of ether oxygens (including phenoxy) is 1. The van der Waals surface area contributed by atoms with Gasteiger partial charge in [0.2, 0.25) is 0 Å². The second kappa shape index (κ2) is 6.83. The normalized spacial score (nSPS) is 13.7. The molecule has 2 nitrogen and oxygen atoms in total. The second-order valence-corrected chi connectivity index (χ2v) is 6.87. The van der Waals surface area contributed by atoms with Crippen molar-refractivity contribution in [1.29, 1.82) is 0 Å². The molecule has 0 spiro atoms. The van der Waals surface area contributed by atoms with E-state index in [1.807, 2.05) is 12.1 Å². The van der Waals surface area contributed by atoms with Crippen LogP contribution in [-0.4, -0.2) is 18.2 Å². The van der Waals surface area contributed by atoms with E-state index in [2.05, 4.69) is 39.9 Å². The average Bonchev–Trinajstić information content (AvgIpc) is 2.28. The zero-order chi connectivity index (χ0) is 14.6. The molecule has 0 radical (unpaired) electrons. The molecule has 0 aliphatic carbocycles. The summed E-state index contributed by atoms with van der Waals surface area (Å²) >= 11 is 12.2. The van der Waals surface area contributed by atoms with Crippen molar-refractivity contribution in [2.45, 2.75) is 46.3 Å². The van der Waals surface area contributed by atoms with Gasteiger partial charge in [-0.3, -0.25) is 0 Å². The van der Waals surface area contributed by atoms with Crippen LogP contribution in [0.1, 0.15) is 34.6 Å². The lowest BCUT2D eigenvalue weighted by Crippen LogP contribution is -2.44. The van der Waals surface area contributed by atoms with Gasteiger partial charge in [-0.15, -0.1) is 0 Å². The lowest BCUT2D eigenvalue weighted by molar-refractivity contribution is 0.140. The summed E-state index contributed by atoms with van der Waals surface area (Å²) in [6.07, 6.45) is 0.0511. The van der Waals surface area contributed by atoms with E-state index >= 15 is 0 Å². The van der Waals surface area contributed by atoms with Crippen LogP contribution in [0, 0.1) is 5.92 Å². The molecule has 0 fully saturated rings. The van der Waals surface area contributed by atoms with Crippen LogP contribution in [0.5, 0.6) is 5.75 Å². The molecular formula is C15H23Cl2NO. The molecule has 1 aromatic rings. The zero-order valence-electron chi connectivity index (χ0n) is 12.3. The van der Waals surface area contributed by atoms with E-state index < -0.39 is 0 Å². The Kier molecular flexibility index (Phi) is 5.97. The van der Waals surface area contributed by atoms with E-state index in [0.717, 1.165) is 6.54 Å². The number of halogens is 2. The van der Waals surface area contributed by atoms with Crippen LogP contribution in [-0.2, 0) is 0 Å². The van der Waals surface area contributed by atoms with E-state index in [4.69, 9.17) is 27.9 Å². The molecule has 0 aliphatic heterocycles. The minimum absolute atomic E-state index is 0.0511. The molecule has 0 saturated heterocycles. The standard InChI is InChI=1S/C15H23Cl2NO/c1-10(2)13(9-18-15(3,4)5)19-12-8-6-7-11(16)14(12)17/h6-8,10,13,18H,9H2,1-5H3. The monoisotopic (exact) mass is 303 g/mol. The van der Waals surface area contributed by atoms with Crippen LogP contribution < -0.4 is 10.1 Å². The van der Waals surface area contributed by atoms with Gasteiger partial charge in [0.1, 0.15) is 16.9 Å². The van der Waals surface area contributed by atoms with Crippen molar-refractivity contribution in [3.8, 4) is 5.75 Å². The number of hydrogen-bond donors (Lipinski definition) is 1. The highest BCUT2D eigenvalue weighted by Crippen LogP contribution is 2.32. The molecule has 108 valence electrons. The fourth-order valence-electron chi connectivity index (χ4n) is 1.56. The molecule has 0 saturated carbocycles. The minimum atomic E-state index is 0.0511. The maximum absolute atomic E-state index is 6.15. The molecule has 1 rings (SSSR count). The van der Waals surface area contributed by atoms with E-state index in [1.54, 1.807) is 6.07 Å². The summed E-state index contributed by atoms with van der Waals surface area (Å²) < 4.78 is 6.00. The van der Waals surface area contributed by atoms with Gasteiger partial charge >= 0.3 is 0 Å². The van der Waals surface area contributed by atoms with Gasteiger partial charge in [0.25, 0.3) is 0 Å². The molecule has 0 bridgehead atoms. The highest BCUT2D eigenvalue weighted by molar-refractivity contribution is 6.42. The van der Waals surface area contributed by atoms with Gasteiger partial charge in [-0.05, 0) is 38.8 Å². The summed E-state index contributed by atoms with van der Waals surface area (Å²) in [6.45, 7) is 11.4. The first-order valence-electron chi connectivity index (χ1n) is 6.56. The van der Waals surface area contributed by atoms with E-state index in [9.17, 15) is 0 Å². The highest BCUT2D eigenvalue weighted by atomic mass is 35.5. The van der Waals surface area contributed by atoms with Gasteiger partial charge < -0.3 is 10.1 Å². The van der Waals surface area contributed by atoms with Crippen molar-refractivity contribution in [1.82, 2.24) is 5.32 Å².